The molecule has 1 aromatic carbocycles. The first-order valence-electron chi connectivity index (χ1n) is 6.91. The molecule has 0 bridgehead atoms. The van der Waals surface area contributed by atoms with E-state index in [-0.39, 0.29) is 0 Å². The van der Waals surface area contributed by atoms with Crippen LogP contribution in [0.5, 0.6) is 17.4 Å². The highest BCUT2D eigenvalue weighted by Crippen LogP contribution is 2.30. The Kier molecular flexibility index (Phi) is 5.84. The number of ether oxygens (including phenoxy) is 2. The smallest absolute Gasteiger partial charge is 0.219 e. The minimum absolute atomic E-state index is 0.497. The van der Waals surface area contributed by atoms with Crippen LogP contribution < -0.4 is 14.8 Å². The van der Waals surface area contributed by atoms with Gasteiger partial charge in [0.15, 0.2) is 11.5 Å². The number of rotatable bonds is 7. The van der Waals surface area contributed by atoms with Gasteiger partial charge in [-0.25, -0.2) is 4.98 Å². The summed E-state index contributed by atoms with van der Waals surface area (Å²) in [7, 11) is 1.61. The van der Waals surface area contributed by atoms with Crippen molar-refractivity contribution in [3.05, 3.63) is 47.1 Å². The van der Waals surface area contributed by atoms with Gasteiger partial charge in [0, 0.05) is 12.6 Å². The number of methoxy groups -OCH3 is 1. The second-order valence-electron chi connectivity index (χ2n) is 4.51. The minimum Gasteiger partial charge on any atom is -0.493 e. The van der Waals surface area contributed by atoms with Gasteiger partial charge in [0.05, 0.1) is 17.8 Å². The molecule has 1 heterocycles. The molecule has 0 unspecified atom stereocenters. The van der Waals surface area contributed by atoms with Crippen molar-refractivity contribution in [3.63, 3.8) is 0 Å². The maximum atomic E-state index is 6.15. The molecule has 0 aliphatic rings. The fourth-order valence-corrected chi connectivity index (χ4v) is 2.02. The van der Waals surface area contributed by atoms with E-state index in [1.807, 2.05) is 24.3 Å². The van der Waals surface area contributed by atoms with Crippen LogP contribution in [-0.2, 0) is 6.54 Å². The Hall–Kier alpha value is -1.78. The molecule has 0 fully saturated rings. The molecular weight excluding hydrogens is 288 g/mol. The first-order chi connectivity index (χ1) is 10.2. The van der Waals surface area contributed by atoms with E-state index < -0.39 is 0 Å². The molecule has 112 valence electrons. The second kappa shape index (κ2) is 7.86. The molecule has 1 aromatic heterocycles. The standard InChI is InChI=1S/C16H19ClN2O2/c1-3-10-18-11-13-12(17)8-9-16(19-13)21-15-7-5-4-6-14(15)20-2/h4-9,18H,3,10-11H2,1-2H3. The highest BCUT2D eigenvalue weighted by molar-refractivity contribution is 6.31. The van der Waals surface area contributed by atoms with Crippen LogP contribution in [0.3, 0.4) is 0 Å². The van der Waals surface area contributed by atoms with Crippen molar-refractivity contribution in [2.45, 2.75) is 19.9 Å². The van der Waals surface area contributed by atoms with Crippen molar-refractivity contribution in [2.24, 2.45) is 0 Å². The molecule has 1 N–H and O–H groups in total. The third-order valence-corrected chi connectivity index (χ3v) is 3.24. The van der Waals surface area contributed by atoms with Gasteiger partial charge in [0.1, 0.15) is 0 Å². The molecule has 4 nitrogen and oxygen atoms in total. The number of hydrogen-bond acceptors (Lipinski definition) is 4. The summed E-state index contributed by atoms with van der Waals surface area (Å²) < 4.78 is 11.0. The summed E-state index contributed by atoms with van der Waals surface area (Å²) in [5, 5.41) is 3.91. The van der Waals surface area contributed by atoms with Crippen LogP contribution in [0, 0.1) is 0 Å². The van der Waals surface area contributed by atoms with Gasteiger partial charge in [-0.3, -0.25) is 0 Å². The van der Waals surface area contributed by atoms with E-state index in [1.54, 1.807) is 19.2 Å². The van der Waals surface area contributed by atoms with Crippen LogP contribution >= 0.6 is 11.6 Å². The number of aromatic nitrogens is 1. The number of para-hydroxylation sites is 2. The van der Waals surface area contributed by atoms with E-state index in [1.165, 1.54) is 0 Å². The number of halogens is 1. The molecule has 0 saturated carbocycles. The fraction of sp³-hybridized carbons (Fsp3) is 0.312. The Morgan fingerprint density at radius 1 is 1.14 bits per heavy atom. The van der Waals surface area contributed by atoms with E-state index in [2.05, 4.69) is 17.2 Å². The summed E-state index contributed by atoms with van der Waals surface area (Å²) in [6, 6.07) is 11.0. The molecule has 5 heteroatoms. The Bertz CT molecular complexity index is 590. The van der Waals surface area contributed by atoms with E-state index in [9.17, 15) is 0 Å². The number of nitrogens with zero attached hydrogens (tertiary/aromatic N) is 1. The van der Waals surface area contributed by atoms with Gasteiger partial charge < -0.3 is 14.8 Å². The lowest BCUT2D eigenvalue weighted by atomic mass is 10.3. The third-order valence-electron chi connectivity index (χ3n) is 2.90. The topological polar surface area (TPSA) is 43.4 Å². The van der Waals surface area contributed by atoms with Crippen LogP contribution in [0.2, 0.25) is 5.02 Å². The Balaban J connectivity index is 2.15. The SMILES string of the molecule is CCCNCc1nc(Oc2ccccc2OC)ccc1Cl. The minimum atomic E-state index is 0.497. The number of benzene rings is 1. The summed E-state index contributed by atoms with van der Waals surface area (Å²) >= 11 is 6.15. The van der Waals surface area contributed by atoms with Crippen molar-refractivity contribution in [1.82, 2.24) is 10.3 Å². The molecule has 0 amide bonds. The van der Waals surface area contributed by atoms with Crippen molar-refractivity contribution in [2.75, 3.05) is 13.7 Å². The molecule has 0 aliphatic heterocycles. The monoisotopic (exact) mass is 306 g/mol. The molecular formula is C16H19ClN2O2. The summed E-state index contributed by atoms with van der Waals surface area (Å²) in [4.78, 5) is 4.44. The van der Waals surface area contributed by atoms with Crippen molar-refractivity contribution >= 4 is 11.6 Å². The molecule has 21 heavy (non-hydrogen) atoms. The van der Waals surface area contributed by atoms with E-state index in [0.717, 1.165) is 18.7 Å². The first-order valence-corrected chi connectivity index (χ1v) is 7.29. The zero-order chi connectivity index (χ0) is 15.1. The third kappa shape index (κ3) is 4.34. The highest BCUT2D eigenvalue weighted by atomic mass is 35.5. The van der Waals surface area contributed by atoms with Gasteiger partial charge in [-0.05, 0) is 31.2 Å². The average Bonchev–Trinajstić information content (AvgIpc) is 2.51. The zero-order valence-electron chi connectivity index (χ0n) is 12.2. The van der Waals surface area contributed by atoms with Gasteiger partial charge in [-0.2, -0.15) is 0 Å². The van der Waals surface area contributed by atoms with Gasteiger partial charge in [0.25, 0.3) is 0 Å². The lowest BCUT2D eigenvalue weighted by Crippen LogP contribution is -2.15. The highest BCUT2D eigenvalue weighted by Gasteiger charge is 2.08. The Morgan fingerprint density at radius 3 is 2.62 bits per heavy atom. The predicted octanol–water partition coefficient (Wildman–Crippen LogP) is 4.04. The van der Waals surface area contributed by atoms with Crippen molar-refractivity contribution in [3.8, 4) is 17.4 Å². The summed E-state index contributed by atoms with van der Waals surface area (Å²) in [6.07, 6.45) is 1.06. The van der Waals surface area contributed by atoms with Crippen molar-refractivity contribution in [1.29, 1.82) is 0 Å². The summed E-state index contributed by atoms with van der Waals surface area (Å²) in [5.74, 6) is 1.79. The number of hydrogen-bond donors (Lipinski definition) is 1. The molecule has 0 radical (unpaired) electrons. The van der Waals surface area contributed by atoms with Crippen LogP contribution in [-0.4, -0.2) is 18.6 Å². The average molecular weight is 307 g/mol. The van der Waals surface area contributed by atoms with Gasteiger partial charge in [-0.15, -0.1) is 0 Å². The van der Waals surface area contributed by atoms with Crippen LogP contribution in [0.1, 0.15) is 19.0 Å². The van der Waals surface area contributed by atoms with E-state index >= 15 is 0 Å². The molecule has 2 rings (SSSR count). The summed E-state index contributed by atoms with van der Waals surface area (Å²) in [6.45, 7) is 3.66. The first kappa shape index (κ1) is 15.6. The number of pyridine rings is 1. The maximum Gasteiger partial charge on any atom is 0.219 e. The summed E-state index contributed by atoms with van der Waals surface area (Å²) in [5.41, 5.74) is 0.775. The van der Waals surface area contributed by atoms with E-state index in [4.69, 9.17) is 21.1 Å². The Morgan fingerprint density at radius 2 is 1.90 bits per heavy atom. The zero-order valence-corrected chi connectivity index (χ0v) is 13.0. The van der Waals surface area contributed by atoms with Gasteiger partial charge in [0.2, 0.25) is 5.88 Å². The number of nitrogens with one attached hydrogen (secondary N) is 1. The van der Waals surface area contributed by atoms with Gasteiger partial charge >= 0.3 is 0 Å². The largest absolute Gasteiger partial charge is 0.493 e. The predicted molar refractivity (Wildman–Crippen MR) is 84.3 cm³/mol. The normalized spacial score (nSPS) is 10.4. The molecule has 0 aliphatic carbocycles. The fourth-order valence-electron chi connectivity index (χ4n) is 1.84. The molecule has 0 spiro atoms. The van der Waals surface area contributed by atoms with Gasteiger partial charge in [-0.1, -0.05) is 30.7 Å². The Labute approximate surface area is 130 Å². The lowest BCUT2D eigenvalue weighted by molar-refractivity contribution is 0.373. The van der Waals surface area contributed by atoms with Crippen LogP contribution in [0.4, 0.5) is 0 Å². The quantitative estimate of drug-likeness (QED) is 0.784. The molecule has 0 atom stereocenters. The molecule has 2 aromatic rings. The molecule has 0 saturated heterocycles. The van der Waals surface area contributed by atoms with Crippen LogP contribution in [0.25, 0.3) is 0 Å². The van der Waals surface area contributed by atoms with Crippen LogP contribution in [0.15, 0.2) is 36.4 Å². The lowest BCUT2D eigenvalue weighted by Gasteiger charge is -2.11. The maximum absolute atomic E-state index is 6.15. The second-order valence-corrected chi connectivity index (χ2v) is 4.91. The van der Waals surface area contributed by atoms with E-state index in [0.29, 0.717) is 28.9 Å². The van der Waals surface area contributed by atoms with Crippen molar-refractivity contribution < 1.29 is 9.47 Å².